The topological polar surface area (TPSA) is 146 Å². The number of nitrogens with zero attached hydrogens (tertiary/aromatic N) is 7. The number of amides is 1. The molecule has 0 fully saturated rings. The summed E-state index contributed by atoms with van der Waals surface area (Å²) < 4.78 is 22.8. The number of benzene rings is 2. The lowest BCUT2D eigenvalue weighted by Gasteiger charge is -2.14. The SMILES string of the molecule is CC(C)n1cc(-c2ccc(F)cc2)c(=O)c(C(=O)Nc2cnc(Oc3cc4cnn(C)c4cc3-c3cn[nH]c3)nc2)n1. The minimum Gasteiger partial charge on any atom is -0.424 e. The number of carbonyl (C=O) groups excluding carboxylic acids is 1. The smallest absolute Gasteiger partial charge is 0.322 e. The molecular formula is C29H24FN9O3. The maximum atomic E-state index is 13.5. The molecule has 0 unspecified atom stereocenters. The Kier molecular flexibility index (Phi) is 6.74. The first-order valence-corrected chi connectivity index (χ1v) is 12.9. The summed E-state index contributed by atoms with van der Waals surface area (Å²) in [4.78, 5) is 34.9. The summed E-state index contributed by atoms with van der Waals surface area (Å²) in [5.74, 6) is -0.678. The van der Waals surface area contributed by atoms with Gasteiger partial charge in [0.2, 0.25) is 5.43 Å². The van der Waals surface area contributed by atoms with E-state index in [-0.39, 0.29) is 29.0 Å². The first kappa shape index (κ1) is 26.5. The van der Waals surface area contributed by atoms with Gasteiger partial charge in [-0.05, 0) is 43.7 Å². The molecule has 2 aromatic carbocycles. The Bertz CT molecular complexity index is 1960. The fourth-order valence-electron chi connectivity index (χ4n) is 4.37. The van der Waals surface area contributed by atoms with E-state index in [1.54, 1.807) is 29.5 Å². The number of carbonyl (C=O) groups is 1. The van der Waals surface area contributed by atoms with Crippen LogP contribution in [-0.2, 0) is 7.05 Å². The molecule has 6 aromatic rings. The Morgan fingerprint density at radius 2 is 1.79 bits per heavy atom. The van der Waals surface area contributed by atoms with Crippen LogP contribution in [0.15, 0.2) is 78.4 Å². The van der Waals surface area contributed by atoms with Crippen molar-refractivity contribution < 1.29 is 13.9 Å². The van der Waals surface area contributed by atoms with Crippen molar-refractivity contribution in [2.45, 2.75) is 19.9 Å². The number of H-pyrrole nitrogens is 1. The molecule has 0 atom stereocenters. The number of hydrogen-bond donors (Lipinski definition) is 2. The number of fused-ring (bicyclic) bond motifs is 1. The summed E-state index contributed by atoms with van der Waals surface area (Å²) in [6.07, 6.45) is 9.43. The van der Waals surface area contributed by atoms with Gasteiger partial charge in [-0.3, -0.25) is 24.1 Å². The molecule has 4 heterocycles. The van der Waals surface area contributed by atoms with Crippen LogP contribution in [0.25, 0.3) is 33.2 Å². The van der Waals surface area contributed by atoms with Crippen LogP contribution in [0.4, 0.5) is 10.1 Å². The van der Waals surface area contributed by atoms with Gasteiger partial charge in [-0.1, -0.05) is 12.1 Å². The Hall–Kier alpha value is -5.72. The van der Waals surface area contributed by atoms with Gasteiger partial charge in [0.15, 0.2) is 5.69 Å². The second-order valence-corrected chi connectivity index (χ2v) is 9.77. The zero-order chi connectivity index (χ0) is 29.4. The van der Waals surface area contributed by atoms with Gasteiger partial charge < -0.3 is 10.1 Å². The van der Waals surface area contributed by atoms with Crippen molar-refractivity contribution in [1.82, 2.24) is 39.7 Å². The molecule has 210 valence electrons. The summed E-state index contributed by atoms with van der Waals surface area (Å²) in [7, 11) is 1.85. The fraction of sp³-hybridized carbons (Fsp3) is 0.138. The summed E-state index contributed by atoms with van der Waals surface area (Å²) in [5, 5.41) is 18.9. The standard InChI is InChI=1S/C29H24FN9O3/c1-16(2)39-15-23(17-4-6-20(30)7-5-17)27(40)26(37-39)28(41)36-21-13-31-29(32-14-21)42-25-8-18-12-35-38(3)24(18)9-22(25)19-10-33-34-11-19/h4-16H,1-3H3,(H,33,34)(H,36,41). The number of ether oxygens (including phenoxy) is 1. The molecule has 0 spiro atoms. The van der Waals surface area contributed by atoms with E-state index in [1.807, 2.05) is 33.0 Å². The lowest BCUT2D eigenvalue weighted by atomic mass is 10.1. The third-order valence-corrected chi connectivity index (χ3v) is 6.58. The third-order valence-electron chi connectivity index (χ3n) is 6.58. The maximum Gasteiger partial charge on any atom is 0.322 e. The van der Waals surface area contributed by atoms with Crippen LogP contribution < -0.4 is 15.5 Å². The van der Waals surface area contributed by atoms with Crippen molar-refractivity contribution in [2.75, 3.05) is 5.32 Å². The van der Waals surface area contributed by atoms with E-state index in [1.165, 1.54) is 41.3 Å². The monoisotopic (exact) mass is 565 g/mol. The fourth-order valence-corrected chi connectivity index (χ4v) is 4.37. The van der Waals surface area contributed by atoms with Crippen LogP contribution >= 0.6 is 0 Å². The Morgan fingerprint density at radius 1 is 1.02 bits per heavy atom. The van der Waals surface area contributed by atoms with Gasteiger partial charge in [-0.25, -0.2) is 14.4 Å². The predicted molar refractivity (Wildman–Crippen MR) is 153 cm³/mol. The van der Waals surface area contributed by atoms with Crippen LogP contribution in [0.1, 0.15) is 30.4 Å². The minimum absolute atomic E-state index is 0.0413. The molecule has 0 radical (unpaired) electrons. The van der Waals surface area contributed by atoms with Crippen LogP contribution in [-0.4, -0.2) is 45.6 Å². The van der Waals surface area contributed by atoms with Gasteiger partial charge >= 0.3 is 6.01 Å². The van der Waals surface area contributed by atoms with Crippen LogP contribution in [0.3, 0.4) is 0 Å². The first-order chi connectivity index (χ1) is 20.3. The molecule has 1 amide bonds. The van der Waals surface area contributed by atoms with Gasteiger partial charge in [0.05, 0.1) is 36.0 Å². The summed E-state index contributed by atoms with van der Waals surface area (Å²) in [6, 6.07) is 9.14. The van der Waals surface area contributed by atoms with Crippen LogP contribution in [0.2, 0.25) is 0 Å². The van der Waals surface area contributed by atoms with E-state index in [0.717, 1.165) is 22.0 Å². The lowest BCUT2D eigenvalue weighted by Crippen LogP contribution is -2.28. The van der Waals surface area contributed by atoms with Gasteiger partial charge in [-0.2, -0.15) is 15.3 Å². The average Bonchev–Trinajstić information content (AvgIpc) is 3.64. The molecule has 0 aliphatic carbocycles. The third kappa shape index (κ3) is 5.10. The predicted octanol–water partition coefficient (Wildman–Crippen LogP) is 4.74. The molecule has 6 rings (SSSR count). The van der Waals surface area contributed by atoms with Crippen LogP contribution in [0.5, 0.6) is 11.8 Å². The number of halogens is 1. The van der Waals surface area contributed by atoms with Gasteiger partial charge in [0, 0.05) is 47.6 Å². The largest absolute Gasteiger partial charge is 0.424 e. The Balaban J connectivity index is 1.26. The van der Waals surface area contributed by atoms with Crippen molar-refractivity contribution in [3.8, 4) is 34.0 Å². The van der Waals surface area contributed by atoms with Crippen LogP contribution in [0, 0.1) is 5.82 Å². The highest BCUT2D eigenvalue weighted by Gasteiger charge is 2.20. The van der Waals surface area contributed by atoms with Gasteiger partial charge in [0.1, 0.15) is 11.6 Å². The summed E-state index contributed by atoms with van der Waals surface area (Å²) in [6.45, 7) is 3.73. The van der Waals surface area contributed by atoms with Crippen molar-refractivity contribution in [3.05, 3.63) is 95.3 Å². The number of aryl methyl sites for hydroxylation is 1. The molecule has 4 aromatic heterocycles. The zero-order valence-corrected chi connectivity index (χ0v) is 22.7. The molecule has 13 heteroatoms. The molecule has 0 saturated carbocycles. The van der Waals surface area contributed by atoms with Crippen molar-refractivity contribution >= 4 is 22.5 Å². The zero-order valence-electron chi connectivity index (χ0n) is 22.7. The second-order valence-electron chi connectivity index (χ2n) is 9.77. The number of rotatable bonds is 7. The van der Waals surface area contributed by atoms with E-state index in [9.17, 15) is 14.0 Å². The molecule has 2 N–H and O–H groups in total. The molecule has 42 heavy (non-hydrogen) atoms. The van der Waals surface area contributed by atoms with E-state index in [4.69, 9.17) is 4.74 Å². The van der Waals surface area contributed by atoms with E-state index in [2.05, 4.69) is 35.7 Å². The molecule has 12 nitrogen and oxygen atoms in total. The highest BCUT2D eigenvalue weighted by Crippen LogP contribution is 2.35. The van der Waals surface area contributed by atoms with E-state index < -0.39 is 17.2 Å². The normalized spacial score (nSPS) is 11.3. The minimum atomic E-state index is -0.736. The number of anilines is 1. The van der Waals surface area contributed by atoms with E-state index >= 15 is 0 Å². The number of aromatic nitrogens is 8. The number of hydrogen-bond acceptors (Lipinski definition) is 8. The second kappa shape index (κ2) is 10.7. The Morgan fingerprint density at radius 3 is 2.48 bits per heavy atom. The first-order valence-electron chi connectivity index (χ1n) is 12.9. The highest BCUT2D eigenvalue weighted by molar-refractivity contribution is 6.03. The summed E-state index contributed by atoms with van der Waals surface area (Å²) >= 11 is 0. The molecular weight excluding hydrogens is 541 g/mol. The van der Waals surface area contributed by atoms with Crippen molar-refractivity contribution in [3.63, 3.8) is 0 Å². The van der Waals surface area contributed by atoms with Crippen molar-refractivity contribution in [2.24, 2.45) is 7.05 Å². The van der Waals surface area contributed by atoms with Gasteiger partial charge in [0.25, 0.3) is 5.91 Å². The lowest BCUT2D eigenvalue weighted by molar-refractivity contribution is 0.101. The molecule has 0 aliphatic rings. The highest BCUT2D eigenvalue weighted by atomic mass is 19.1. The quantitative estimate of drug-likeness (QED) is 0.282. The summed E-state index contributed by atoms with van der Waals surface area (Å²) in [5.41, 5.74) is 2.49. The maximum absolute atomic E-state index is 13.5. The average molecular weight is 566 g/mol. The Labute approximate surface area is 237 Å². The number of aromatic amines is 1. The molecule has 0 bridgehead atoms. The number of nitrogens with one attached hydrogen (secondary N) is 2. The molecule has 0 aliphatic heterocycles. The van der Waals surface area contributed by atoms with Gasteiger partial charge in [-0.15, -0.1) is 0 Å². The van der Waals surface area contributed by atoms with Crippen molar-refractivity contribution in [1.29, 1.82) is 0 Å². The van der Waals surface area contributed by atoms with E-state index in [0.29, 0.717) is 11.3 Å². The molecule has 0 saturated heterocycles.